The Morgan fingerprint density at radius 3 is 2.47 bits per heavy atom. The van der Waals surface area contributed by atoms with E-state index in [1.165, 1.54) is 4.90 Å². The number of nitrogens with zero attached hydrogens (tertiary/aromatic N) is 2. The second-order valence-corrected chi connectivity index (χ2v) is 5.20. The molecule has 1 aliphatic carbocycles. The molecule has 0 aromatic carbocycles. The van der Waals surface area contributed by atoms with Gasteiger partial charge in [-0.05, 0) is 19.8 Å². The Hall–Kier alpha value is -1.43. The molecule has 6 nitrogen and oxygen atoms in total. The van der Waals surface area contributed by atoms with E-state index in [-0.39, 0.29) is 30.8 Å². The van der Waals surface area contributed by atoms with Crippen molar-refractivity contribution in [1.29, 1.82) is 0 Å². The molecule has 0 aromatic heterocycles. The zero-order chi connectivity index (χ0) is 14.0. The SMILES string of the molecule is CCN1C(=O)CC(N(CC(=O)O)C2CCCC2)C1=O. The van der Waals surface area contributed by atoms with Gasteiger partial charge in [-0.2, -0.15) is 0 Å². The third kappa shape index (κ3) is 2.78. The van der Waals surface area contributed by atoms with Gasteiger partial charge in [0.25, 0.3) is 0 Å². The number of rotatable bonds is 5. The third-order valence-corrected chi connectivity index (χ3v) is 4.05. The normalized spacial score (nSPS) is 24.7. The number of likely N-dealkylation sites (tertiary alicyclic amines) is 1. The molecule has 2 fully saturated rings. The van der Waals surface area contributed by atoms with Gasteiger partial charge in [-0.25, -0.2) is 0 Å². The fourth-order valence-corrected chi connectivity index (χ4v) is 3.14. The first-order valence-corrected chi connectivity index (χ1v) is 6.86. The molecule has 1 saturated heterocycles. The first kappa shape index (κ1) is 14.0. The Morgan fingerprint density at radius 2 is 2.00 bits per heavy atom. The fraction of sp³-hybridized carbons (Fsp3) is 0.769. The summed E-state index contributed by atoms with van der Waals surface area (Å²) in [5.74, 6) is -1.37. The van der Waals surface area contributed by atoms with Crippen LogP contribution in [0.2, 0.25) is 0 Å². The van der Waals surface area contributed by atoms with Crippen LogP contribution in [0.5, 0.6) is 0 Å². The summed E-state index contributed by atoms with van der Waals surface area (Å²) in [4.78, 5) is 37.9. The fourth-order valence-electron chi connectivity index (χ4n) is 3.14. The average Bonchev–Trinajstić information content (AvgIpc) is 2.95. The van der Waals surface area contributed by atoms with Crippen molar-refractivity contribution in [2.24, 2.45) is 0 Å². The molecule has 0 spiro atoms. The molecule has 1 saturated carbocycles. The van der Waals surface area contributed by atoms with E-state index in [9.17, 15) is 14.4 Å². The van der Waals surface area contributed by atoms with Crippen molar-refractivity contribution in [3.05, 3.63) is 0 Å². The van der Waals surface area contributed by atoms with E-state index in [2.05, 4.69) is 0 Å². The lowest BCUT2D eigenvalue weighted by Crippen LogP contribution is -2.48. The molecule has 1 N–H and O–H groups in total. The van der Waals surface area contributed by atoms with E-state index in [1.54, 1.807) is 11.8 Å². The Labute approximate surface area is 112 Å². The lowest BCUT2D eigenvalue weighted by molar-refractivity contribution is -0.142. The predicted octanol–water partition coefficient (Wildman–Crippen LogP) is 0.463. The van der Waals surface area contributed by atoms with Crippen molar-refractivity contribution in [3.63, 3.8) is 0 Å². The minimum atomic E-state index is -0.943. The van der Waals surface area contributed by atoms with Crippen LogP contribution in [0.15, 0.2) is 0 Å². The topological polar surface area (TPSA) is 77.9 Å². The van der Waals surface area contributed by atoms with Gasteiger partial charge in [0.15, 0.2) is 0 Å². The minimum Gasteiger partial charge on any atom is -0.480 e. The largest absolute Gasteiger partial charge is 0.480 e. The lowest BCUT2D eigenvalue weighted by atomic mass is 10.1. The quantitative estimate of drug-likeness (QED) is 0.733. The third-order valence-electron chi connectivity index (χ3n) is 4.05. The summed E-state index contributed by atoms with van der Waals surface area (Å²) in [7, 11) is 0. The Morgan fingerprint density at radius 1 is 1.37 bits per heavy atom. The highest BCUT2D eigenvalue weighted by Gasteiger charge is 2.44. The zero-order valence-corrected chi connectivity index (χ0v) is 11.2. The minimum absolute atomic E-state index is 0.120. The maximum absolute atomic E-state index is 12.2. The standard InChI is InChI=1S/C13H20N2O4/c1-2-14-11(16)7-10(13(14)19)15(8-12(17)18)9-5-3-4-6-9/h9-10H,2-8H2,1H3,(H,17,18). The number of carboxylic acids is 1. The van der Waals surface area contributed by atoms with Gasteiger partial charge in [0.05, 0.1) is 19.0 Å². The molecule has 0 radical (unpaired) electrons. The van der Waals surface area contributed by atoms with E-state index in [1.807, 2.05) is 0 Å². The van der Waals surface area contributed by atoms with Crippen LogP contribution < -0.4 is 0 Å². The number of carbonyl (C=O) groups is 3. The molecule has 1 unspecified atom stereocenters. The number of hydrogen-bond acceptors (Lipinski definition) is 4. The van der Waals surface area contributed by atoms with Gasteiger partial charge in [0.1, 0.15) is 0 Å². The highest BCUT2D eigenvalue weighted by Crippen LogP contribution is 2.28. The number of carbonyl (C=O) groups excluding carboxylic acids is 2. The first-order valence-electron chi connectivity index (χ1n) is 6.86. The Kier molecular flexibility index (Phi) is 4.19. The number of amides is 2. The molecule has 19 heavy (non-hydrogen) atoms. The van der Waals surface area contributed by atoms with Crippen LogP contribution in [-0.4, -0.2) is 57.9 Å². The molecule has 6 heteroatoms. The van der Waals surface area contributed by atoms with Crippen LogP contribution >= 0.6 is 0 Å². The van der Waals surface area contributed by atoms with Crippen molar-refractivity contribution >= 4 is 17.8 Å². The molecule has 106 valence electrons. The molecule has 1 heterocycles. The van der Waals surface area contributed by atoms with E-state index in [4.69, 9.17) is 5.11 Å². The van der Waals surface area contributed by atoms with Crippen molar-refractivity contribution in [1.82, 2.24) is 9.80 Å². The summed E-state index contributed by atoms with van der Waals surface area (Å²) in [5, 5.41) is 9.03. The summed E-state index contributed by atoms with van der Waals surface area (Å²) in [5.41, 5.74) is 0. The van der Waals surface area contributed by atoms with E-state index >= 15 is 0 Å². The number of aliphatic carboxylic acids is 1. The van der Waals surface area contributed by atoms with Crippen LogP contribution in [-0.2, 0) is 14.4 Å². The van der Waals surface area contributed by atoms with E-state index in [0.717, 1.165) is 25.7 Å². The van der Waals surface area contributed by atoms with Gasteiger partial charge in [-0.3, -0.25) is 24.2 Å². The summed E-state index contributed by atoms with van der Waals surface area (Å²) in [6.07, 6.45) is 4.07. The van der Waals surface area contributed by atoms with Crippen LogP contribution in [0.25, 0.3) is 0 Å². The highest BCUT2D eigenvalue weighted by molar-refractivity contribution is 6.05. The zero-order valence-electron chi connectivity index (χ0n) is 11.2. The molecule has 0 aromatic rings. The number of likely N-dealkylation sites (N-methyl/N-ethyl adjacent to an activating group) is 1. The van der Waals surface area contributed by atoms with Gasteiger partial charge in [-0.15, -0.1) is 0 Å². The van der Waals surface area contributed by atoms with Crippen molar-refractivity contribution in [3.8, 4) is 0 Å². The van der Waals surface area contributed by atoms with Crippen molar-refractivity contribution in [2.75, 3.05) is 13.1 Å². The van der Waals surface area contributed by atoms with Gasteiger partial charge in [0, 0.05) is 12.6 Å². The molecule has 2 rings (SSSR count). The Balaban J connectivity index is 2.16. The molecule has 0 bridgehead atoms. The molecule has 1 aliphatic heterocycles. The summed E-state index contributed by atoms with van der Waals surface area (Å²) < 4.78 is 0. The summed E-state index contributed by atoms with van der Waals surface area (Å²) in [6, 6.07) is -0.457. The molecular formula is C13H20N2O4. The van der Waals surface area contributed by atoms with Crippen LogP contribution in [0, 0.1) is 0 Å². The van der Waals surface area contributed by atoms with Gasteiger partial charge in [0.2, 0.25) is 11.8 Å². The summed E-state index contributed by atoms with van der Waals surface area (Å²) in [6.45, 7) is 1.96. The molecular weight excluding hydrogens is 248 g/mol. The average molecular weight is 268 g/mol. The van der Waals surface area contributed by atoms with Crippen molar-refractivity contribution in [2.45, 2.75) is 51.1 Å². The van der Waals surface area contributed by atoms with Gasteiger partial charge < -0.3 is 5.11 Å². The van der Waals surface area contributed by atoms with E-state index < -0.39 is 12.0 Å². The monoisotopic (exact) mass is 268 g/mol. The maximum Gasteiger partial charge on any atom is 0.317 e. The second-order valence-electron chi connectivity index (χ2n) is 5.20. The maximum atomic E-state index is 12.2. The molecule has 2 amide bonds. The Bertz CT molecular complexity index is 390. The van der Waals surface area contributed by atoms with Crippen molar-refractivity contribution < 1.29 is 19.5 Å². The highest BCUT2D eigenvalue weighted by atomic mass is 16.4. The number of imide groups is 1. The van der Waals surface area contributed by atoms with Gasteiger partial charge in [-0.1, -0.05) is 12.8 Å². The van der Waals surface area contributed by atoms with Gasteiger partial charge >= 0.3 is 5.97 Å². The molecule has 1 atom stereocenters. The van der Waals surface area contributed by atoms with E-state index in [0.29, 0.717) is 6.54 Å². The first-order chi connectivity index (χ1) is 9.04. The lowest BCUT2D eigenvalue weighted by Gasteiger charge is -2.31. The van der Waals surface area contributed by atoms with Crippen LogP contribution in [0.1, 0.15) is 39.0 Å². The van der Waals surface area contributed by atoms with Crippen LogP contribution in [0.3, 0.4) is 0 Å². The number of carboxylic acid groups (broad SMARTS) is 1. The second kappa shape index (κ2) is 5.69. The predicted molar refractivity (Wildman–Crippen MR) is 67.4 cm³/mol. The van der Waals surface area contributed by atoms with Crippen LogP contribution in [0.4, 0.5) is 0 Å². The number of hydrogen-bond donors (Lipinski definition) is 1. The molecule has 2 aliphatic rings. The summed E-state index contributed by atoms with van der Waals surface area (Å²) >= 11 is 0. The smallest absolute Gasteiger partial charge is 0.317 e.